The summed E-state index contributed by atoms with van der Waals surface area (Å²) in [6.45, 7) is 5.28. The van der Waals surface area contributed by atoms with Crippen LogP contribution in [0.2, 0.25) is 0 Å². The molecule has 7 nitrogen and oxygen atoms in total. The van der Waals surface area contributed by atoms with E-state index in [0.29, 0.717) is 43.1 Å². The number of halogens is 3. The van der Waals surface area contributed by atoms with Gasteiger partial charge in [0.1, 0.15) is 5.65 Å². The lowest BCUT2D eigenvalue weighted by atomic mass is 9.90. The SMILES string of the molecule is CCOC(=O)N1CCN(C(=O)CC(c2cccc(C(F)(F)F)c2)c2cnc3cc(C)ccn23)CC1. The Kier molecular flexibility index (Phi) is 7.00. The monoisotopic (exact) mass is 488 g/mol. The molecule has 3 heterocycles. The zero-order valence-corrected chi connectivity index (χ0v) is 19.6. The lowest BCUT2D eigenvalue weighted by molar-refractivity contribution is -0.137. The summed E-state index contributed by atoms with van der Waals surface area (Å²) in [4.78, 5) is 32.9. The van der Waals surface area contributed by atoms with Gasteiger partial charge in [0.15, 0.2) is 0 Å². The Balaban J connectivity index is 1.62. The van der Waals surface area contributed by atoms with E-state index in [4.69, 9.17) is 4.74 Å². The maximum Gasteiger partial charge on any atom is 0.416 e. The van der Waals surface area contributed by atoms with Crippen LogP contribution >= 0.6 is 0 Å². The highest BCUT2D eigenvalue weighted by atomic mass is 19.4. The molecule has 1 fully saturated rings. The van der Waals surface area contributed by atoms with Crippen LogP contribution in [0.3, 0.4) is 0 Å². The molecule has 10 heteroatoms. The minimum absolute atomic E-state index is 0.0254. The highest BCUT2D eigenvalue weighted by molar-refractivity contribution is 5.78. The highest BCUT2D eigenvalue weighted by Crippen LogP contribution is 2.35. The van der Waals surface area contributed by atoms with Crippen LogP contribution in [0.15, 0.2) is 48.8 Å². The molecule has 1 aliphatic heterocycles. The van der Waals surface area contributed by atoms with Gasteiger partial charge in [-0.05, 0) is 43.2 Å². The van der Waals surface area contributed by atoms with Crippen LogP contribution in [-0.4, -0.2) is 64.0 Å². The minimum atomic E-state index is -4.50. The van der Waals surface area contributed by atoms with E-state index in [-0.39, 0.29) is 18.9 Å². The number of benzene rings is 1. The molecular weight excluding hydrogens is 461 g/mol. The summed E-state index contributed by atoms with van der Waals surface area (Å²) in [6, 6.07) is 8.86. The van der Waals surface area contributed by atoms with Crippen molar-refractivity contribution in [2.24, 2.45) is 0 Å². The van der Waals surface area contributed by atoms with Gasteiger partial charge < -0.3 is 18.9 Å². The predicted octanol–water partition coefficient (Wildman–Crippen LogP) is 4.48. The van der Waals surface area contributed by atoms with Crippen molar-refractivity contribution in [1.82, 2.24) is 19.2 Å². The Bertz CT molecular complexity index is 1220. The minimum Gasteiger partial charge on any atom is -0.450 e. The molecule has 3 aromatic rings. The van der Waals surface area contributed by atoms with Crippen LogP contribution < -0.4 is 0 Å². The number of nitrogens with zero attached hydrogens (tertiary/aromatic N) is 4. The van der Waals surface area contributed by atoms with Crippen molar-refractivity contribution in [3.63, 3.8) is 0 Å². The molecule has 4 rings (SSSR count). The van der Waals surface area contributed by atoms with Gasteiger partial charge >= 0.3 is 12.3 Å². The van der Waals surface area contributed by atoms with Gasteiger partial charge in [0.2, 0.25) is 5.91 Å². The summed E-state index contributed by atoms with van der Waals surface area (Å²) in [6.07, 6.45) is -1.50. The number of aryl methyl sites for hydroxylation is 1. The highest BCUT2D eigenvalue weighted by Gasteiger charge is 2.33. The Hall–Kier alpha value is -3.56. The van der Waals surface area contributed by atoms with Crippen LogP contribution in [0, 0.1) is 6.92 Å². The number of piperazine rings is 1. The van der Waals surface area contributed by atoms with Crippen LogP contribution in [0.25, 0.3) is 5.65 Å². The van der Waals surface area contributed by atoms with Gasteiger partial charge in [-0.25, -0.2) is 9.78 Å². The molecular formula is C25H27F3N4O3. The predicted molar refractivity (Wildman–Crippen MR) is 123 cm³/mol. The molecule has 0 spiro atoms. The van der Waals surface area contributed by atoms with E-state index in [0.717, 1.165) is 17.7 Å². The Labute approximate surface area is 201 Å². The number of rotatable bonds is 5. The second-order valence-corrected chi connectivity index (χ2v) is 8.56. The first-order valence-corrected chi connectivity index (χ1v) is 11.5. The third-order valence-corrected chi connectivity index (χ3v) is 6.21. The smallest absolute Gasteiger partial charge is 0.416 e. The third kappa shape index (κ3) is 5.41. The molecule has 2 aromatic heterocycles. The number of hydrogen-bond donors (Lipinski definition) is 0. The van der Waals surface area contributed by atoms with E-state index in [1.807, 2.05) is 29.7 Å². The topological polar surface area (TPSA) is 67.2 Å². The lowest BCUT2D eigenvalue weighted by Crippen LogP contribution is -2.51. The van der Waals surface area contributed by atoms with Crippen LogP contribution in [0.4, 0.5) is 18.0 Å². The summed E-state index contributed by atoms with van der Waals surface area (Å²) < 4.78 is 47.2. The van der Waals surface area contributed by atoms with Gasteiger partial charge in [0.05, 0.1) is 17.9 Å². The fourth-order valence-electron chi connectivity index (χ4n) is 4.34. The fraction of sp³-hybridized carbons (Fsp3) is 0.400. The maximum atomic E-state index is 13.4. The maximum absolute atomic E-state index is 13.4. The van der Waals surface area contributed by atoms with Crippen molar-refractivity contribution in [2.45, 2.75) is 32.4 Å². The van der Waals surface area contributed by atoms with Crippen LogP contribution in [-0.2, 0) is 15.7 Å². The van der Waals surface area contributed by atoms with E-state index in [1.165, 1.54) is 6.07 Å². The van der Waals surface area contributed by atoms with Crippen LogP contribution in [0.1, 0.15) is 41.6 Å². The summed E-state index contributed by atoms with van der Waals surface area (Å²) in [7, 11) is 0. The van der Waals surface area contributed by atoms with Crippen LogP contribution in [0.5, 0.6) is 0 Å². The summed E-state index contributed by atoms with van der Waals surface area (Å²) in [5, 5.41) is 0. The number of carbonyl (C=O) groups excluding carboxylic acids is 2. The second-order valence-electron chi connectivity index (χ2n) is 8.56. The lowest BCUT2D eigenvalue weighted by Gasteiger charge is -2.34. The van der Waals surface area contributed by atoms with E-state index < -0.39 is 23.8 Å². The van der Waals surface area contributed by atoms with Crippen molar-refractivity contribution in [3.8, 4) is 0 Å². The quantitative estimate of drug-likeness (QED) is 0.531. The number of hydrogen-bond acceptors (Lipinski definition) is 4. The third-order valence-electron chi connectivity index (χ3n) is 6.21. The number of imidazole rings is 1. The van der Waals surface area contributed by atoms with Gasteiger partial charge in [-0.1, -0.05) is 18.2 Å². The Morgan fingerprint density at radius 3 is 2.49 bits per heavy atom. The van der Waals surface area contributed by atoms with Gasteiger partial charge in [-0.3, -0.25) is 4.79 Å². The standard InChI is InChI=1S/C25H27F3N4O3/c1-3-35-24(34)31-11-9-30(10-12-31)23(33)15-20(18-5-4-6-19(14-18)25(26,27)28)21-16-29-22-13-17(2)7-8-32(21)22/h4-8,13-14,16,20H,3,9-12,15H2,1-2H3. The zero-order chi connectivity index (χ0) is 25.2. The second kappa shape index (κ2) is 9.97. The number of pyridine rings is 1. The van der Waals surface area contributed by atoms with E-state index in [9.17, 15) is 22.8 Å². The first-order chi connectivity index (χ1) is 16.7. The summed E-state index contributed by atoms with van der Waals surface area (Å²) in [5.74, 6) is -0.830. The molecule has 1 atom stereocenters. The Morgan fingerprint density at radius 1 is 1.09 bits per heavy atom. The first kappa shape index (κ1) is 24.6. The molecule has 0 radical (unpaired) electrons. The fourth-order valence-corrected chi connectivity index (χ4v) is 4.34. The zero-order valence-electron chi connectivity index (χ0n) is 19.6. The molecule has 0 saturated carbocycles. The van der Waals surface area contributed by atoms with Crippen molar-refractivity contribution >= 4 is 17.6 Å². The molecule has 1 unspecified atom stereocenters. The Morgan fingerprint density at radius 2 is 1.80 bits per heavy atom. The van der Waals surface area contributed by atoms with Crippen molar-refractivity contribution in [1.29, 1.82) is 0 Å². The van der Waals surface area contributed by atoms with Crippen molar-refractivity contribution < 1.29 is 27.5 Å². The van der Waals surface area contributed by atoms with Gasteiger partial charge in [0, 0.05) is 50.9 Å². The average molecular weight is 489 g/mol. The van der Waals surface area contributed by atoms with Gasteiger partial charge in [-0.15, -0.1) is 0 Å². The number of carbonyl (C=O) groups is 2. The van der Waals surface area contributed by atoms with E-state index in [2.05, 4.69) is 4.98 Å². The number of fused-ring (bicyclic) bond motifs is 1. The van der Waals surface area contributed by atoms with Gasteiger partial charge in [0.25, 0.3) is 0 Å². The van der Waals surface area contributed by atoms with Gasteiger partial charge in [-0.2, -0.15) is 13.2 Å². The normalized spacial score (nSPS) is 15.3. The molecule has 1 aromatic carbocycles. The number of amides is 2. The summed E-state index contributed by atoms with van der Waals surface area (Å²) >= 11 is 0. The molecule has 186 valence electrons. The number of aromatic nitrogens is 2. The molecule has 2 amide bonds. The molecule has 1 saturated heterocycles. The average Bonchev–Trinajstić information content (AvgIpc) is 3.25. The van der Waals surface area contributed by atoms with E-state index >= 15 is 0 Å². The molecule has 0 aliphatic carbocycles. The molecule has 1 aliphatic rings. The molecule has 0 bridgehead atoms. The number of ether oxygens (including phenoxy) is 1. The number of alkyl halides is 3. The first-order valence-electron chi connectivity index (χ1n) is 11.5. The molecule has 35 heavy (non-hydrogen) atoms. The summed E-state index contributed by atoms with van der Waals surface area (Å²) in [5.41, 5.74) is 1.92. The van der Waals surface area contributed by atoms with Crippen molar-refractivity contribution in [2.75, 3.05) is 32.8 Å². The van der Waals surface area contributed by atoms with Crippen molar-refractivity contribution in [3.05, 3.63) is 71.2 Å². The van der Waals surface area contributed by atoms with E-state index in [1.54, 1.807) is 29.0 Å². The molecule has 0 N–H and O–H groups in total. The largest absolute Gasteiger partial charge is 0.450 e.